The van der Waals surface area contributed by atoms with Gasteiger partial charge in [-0.25, -0.2) is 0 Å². The van der Waals surface area contributed by atoms with E-state index in [-0.39, 0.29) is 5.88 Å². The molecule has 1 saturated carbocycles. The van der Waals surface area contributed by atoms with E-state index < -0.39 is 11.4 Å². The average molecular weight is 235 g/mol. The van der Waals surface area contributed by atoms with Gasteiger partial charge in [-0.1, -0.05) is 24.0 Å². The van der Waals surface area contributed by atoms with Crippen LogP contribution < -0.4 is 0 Å². The SMILES string of the molecule is O=C(O)C1(c2cccc(C#CCCl)c2)CC1. The molecule has 1 aromatic rings. The molecule has 3 heteroatoms. The van der Waals surface area contributed by atoms with Gasteiger partial charge in [0, 0.05) is 5.56 Å². The highest BCUT2D eigenvalue weighted by Gasteiger charge is 2.51. The molecule has 16 heavy (non-hydrogen) atoms. The summed E-state index contributed by atoms with van der Waals surface area (Å²) in [6.45, 7) is 0. The number of carboxylic acid groups (broad SMARTS) is 1. The smallest absolute Gasteiger partial charge is 0.314 e. The van der Waals surface area contributed by atoms with Crippen LogP contribution in [0.2, 0.25) is 0 Å². The van der Waals surface area contributed by atoms with E-state index in [0.29, 0.717) is 12.8 Å². The highest BCUT2D eigenvalue weighted by atomic mass is 35.5. The number of carboxylic acids is 1. The van der Waals surface area contributed by atoms with Crippen molar-refractivity contribution in [3.8, 4) is 11.8 Å². The predicted molar refractivity (Wildman–Crippen MR) is 62.6 cm³/mol. The van der Waals surface area contributed by atoms with Crippen molar-refractivity contribution in [3.05, 3.63) is 35.4 Å². The van der Waals surface area contributed by atoms with Crippen LogP contribution in [0.4, 0.5) is 0 Å². The van der Waals surface area contributed by atoms with Crippen LogP contribution >= 0.6 is 11.6 Å². The Morgan fingerprint density at radius 3 is 2.81 bits per heavy atom. The van der Waals surface area contributed by atoms with Crippen LogP contribution in [-0.2, 0) is 10.2 Å². The number of aliphatic carboxylic acids is 1. The molecule has 1 aliphatic rings. The number of benzene rings is 1. The largest absolute Gasteiger partial charge is 0.481 e. The first kappa shape index (κ1) is 11.0. The fourth-order valence-electron chi connectivity index (χ4n) is 1.78. The Kier molecular flexibility index (Phi) is 2.89. The van der Waals surface area contributed by atoms with Gasteiger partial charge in [-0.2, -0.15) is 0 Å². The Labute approximate surface area is 99.2 Å². The molecule has 0 aliphatic heterocycles. The molecule has 0 amide bonds. The Morgan fingerprint density at radius 2 is 2.25 bits per heavy atom. The van der Waals surface area contributed by atoms with Crippen molar-refractivity contribution in [3.63, 3.8) is 0 Å². The second kappa shape index (κ2) is 4.19. The number of hydrogen-bond donors (Lipinski definition) is 1. The van der Waals surface area contributed by atoms with Gasteiger partial charge >= 0.3 is 5.97 Å². The summed E-state index contributed by atoms with van der Waals surface area (Å²) < 4.78 is 0. The number of halogens is 1. The van der Waals surface area contributed by atoms with Crippen LogP contribution in [-0.4, -0.2) is 17.0 Å². The van der Waals surface area contributed by atoms with Crippen molar-refractivity contribution in [2.45, 2.75) is 18.3 Å². The van der Waals surface area contributed by atoms with E-state index >= 15 is 0 Å². The van der Waals surface area contributed by atoms with Crippen molar-refractivity contribution in [1.82, 2.24) is 0 Å². The van der Waals surface area contributed by atoms with E-state index in [4.69, 9.17) is 16.7 Å². The molecule has 0 unspecified atom stereocenters. The third-order valence-corrected chi connectivity index (χ3v) is 3.01. The van der Waals surface area contributed by atoms with E-state index in [2.05, 4.69) is 11.8 Å². The minimum Gasteiger partial charge on any atom is -0.481 e. The Hall–Kier alpha value is -1.46. The molecule has 2 nitrogen and oxygen atoms in total. The van der Waals surface area contributed by atoms with E-state index in [1.807, 2.05) is 24.3 Å². The van der Waals surface area contributed by atoms with Gasteiger partial charge in [-0.3, -0.25) is 4.79 Å². The molecule has 0 aromatic heterocycles. The summed E-state index contributed by atoms with van der Waals surface area (Å²) in [6, 6.07) is 7.41. The van der Waals surface area contributed by atoms with Gasteiger partial charge in [0.2, 0.25) is 0 Å². The quantitative estimate of drug-likeness (QED) is 0.630. The Balaban J connectivity index is 2.33. The van der Waals surface area contributed by atoms with Gasteiger partial charge in [0.05, 0.1) is 11.3 Å². The zero-order valence-corrected chi connectivity index (χ0v) is 9.42. The van der Waals surface area contributed by atoms with E-state index in [9.17, 15) is 4.79 Å². The summed E-state index contributed by atoms with van der Waals surface area (Å²) in [6.07, 6.45) is 1.43. The molecule has 1 N–H and O–H groups in total. The topological polar surface area (TPSA) is 37.3 Å². The van der Waals surface area contributed by atoms with Crippen molar-refractivity contribution in [2.75, 3.05) is 5.88 Å². The van der Waals surface area contributed by atoms with Gasteiger partial charge in [-0.05, 0) is 30.5 Å². The molecule has 1 fully saturated rings. The van der Waals surface area contributed by atoms with Crippen LogP contribution in [0.1, 0.15) is 24.0 Å². The van der Waals surface area contributed by atoms with Crippen molar-refractivity contribution < 1.29 is 9.90 Å². The first-order valence-corrected chi connectivity index (χ1v) is 5.61. The summed E-state index contributed by atoms with van der Waals surface area (Å²) in [7, 11) is 0. The molecule has 0 radical (unpaired) electrons. The molecule has 0 bridgehead atoms. The normalized spacial score (nSPS) is 16.1. The zero-order valence-electron chi connectivity index (χ0n) is 8.66. The predicted octanol–water partition coefficient (Wildman–Crippen LogP) is 2.39. The highest BCUT2D eigenvalue weighted by molar-refractivity contribution is 6.19. The minimum absolute atomic E-state index is 0.286. The van der Waals surface area contributed by atoms with Crippen molar-refractivity contribution in [2.24, 2.45) is 0 Å². The molecule has 82 valence electrons. The maximum Gasteiger partial charge on any atom is 0.314 e. The average Bonchev–Trinajstić information content (AvgIpc) is 3.08. The van der Waals surface area contributed by atoms with Crippen LogP contribution in [0.5, 0.6) is 0 Å². The van der Waals surface area contributed by atoms with Crippen LogP contribution in [0.15, 0.2) is 24.3 Å². The monoisotopic (exact) mass is 234 g/mol. The summed E-state index contributed by atoms with van der Waals surface area (Å²) >= 11 is 5.48. The second-order valence-corrected chi connectivity index (χ2v) is 4.17. The number of carbonyl (C=O) groups is 1. The third kappa shape index (κ3) is 1.91. The fraction of sp³-hybridized carbons (Fsp3) is 0.308. The van der Waals surface area contributed by atoms with Gasteiger partial charge < -0.3 is 5.11 Å². The maximum absolute atomic E-state index is 11.2. The summed E-state index contributed by atoms with van der Waals surface area (Å²) in [5, 5.41) is 9.17. The second-order valence-electron chi connectivity index (χ2n) is 3.90. The van der Waals surface area contributed by atoms with Crippen molar-refractivity contribution >= 4 is 17.6 Å². The van der Waals surface area contributed by atoms with Gasteiger partial charge in [0.15, 0.2) is 0 Å². The number of hydrogen-bond acceptors (Lipinski definition) is 1. The Morgan fingerprint density at radius 1 is 1.50 bits per heavy atom. The Bertz CT molecular complexity index is 478. The molecule has 1 aromatic carbocycles. The zero-order chi connectivity index (χ0) is 11.6. The molecule has 0 atom stereocenters. The lowest BCUT2D eigenvalue weighted by molar-refractivity contribution is -0.140. The summed E-state index contributed by atoms with van der Waals surface area (Å²) in [5.41, 5.74) is 1.02. The lowest BCUT2D eigenvalue weighted by atomic mass is 9.95. The summed E-state index contributed by atoms with van der Waals surface area (Å²) in [5.74, 6) is 5.20. The fourth-order valence-corrected chi connectivity index (χ4v) is 1.85. The lowest BCUT2D eigenvalue weighted by Crippen LogP contribution is -2.19. The molecule has 1 aliphatic carbocycles. The van der Waals surface area contributed by atoms with E-state index in [1.54, 1.807) is 0 Å². The highest BCUT2D eigenvalue weighted by Crippen LogP contribution is 2.48. The molecule has 2 rings (SSSR count). The van der Waals surface area contributed by atoms with E-state index in [0.717, 1.165) is 11.1 Å². The molecule has 0 spiro atoms. The standard InChI is InChI=1S/C13H11ClO2/c14-8-2-4-10-3-1-5-11(9-10)13(6-7-13)12(15)16/h1,3,5,9H,6-8H2,(H,15,16). The molecular weight excluding hydrogens is 224 g/mol. The maximum atomic E-state index is 11.2. The molecular formula is C13H11ClO2. The lowest BCUT2D eigenvalue weighted by Gasteiger charge is -2.09. The van der Waals surface area contributed by atoms with E-state index in [1.165, 1.54) is 0 Å². The minimum atomic E-state index is -0.741. The molecule has 0 heterocycles. The first-order valence-electron chi connectivity index (χ1n) is 5.08. The van der Waals surface area contributed by atoms with Crippen molar-refractivity contribution in [1.29, 1.82) is 0 Å². The van der Waals surface area contributed by atoms with Gasteiger partial charge in [0.25, 0.3) is 0 Å². The van der Waals surface area contributed by atoms with Gasteiger partial charge in [0.1, 0.15) is 0 Å². The third-order valence-electron chi connectivity index (χ3n) is 2.87. The number of rotatable bonds is 2. The number of alkyl halides is 1. The first-order chi connectivity index (χ1) is 7.69. The van der Waals surface area contributed by atoms with Crippen LogP contribution in [0, 0.1) is 11.8 Å². The summed E-state index contributed by atoms with van der Waals surface area (Å²) in [4.78, 5) is 11.2. The van der Waals surface area contributed by atoms with Gasteiger partial charge in [-0.15, -0.1) is 11.6 Å². The van der Waals surface area contributed by atoms with Crippen LogP contribution in [0.3, 0.4) is 0 Å². The molecule has 0 saturated heterocycles. The van der Waals surface area contributed by atoms with Crippen LogP contribution in [0.25, 0.3) is 0 Å².